The van der Waals surface area contributed by atoms with Crippen molar-refractivity contribution in [2.45, 2.75) is 0 Å². The molecule has 5 heteroatoms. The maximum absolute atomic E-state index is 12.2. The van der Waals surface area contributed by atoms with Crippen LogP contribution in [0.3, 0.4) is 0 Å². The highest BCUT2D eigenvalue weighted by Crippen LogP contribution is 2.37. The highest BCUT2D eigenvalue weighted by molar-refractivity contribution is 7.73. The average Bonchev–Trinajstić information content (AvgIpc) is 2.53. The summed E-state index contributed by atoms with van der Waals surface area (Å²) in [7, 11) is -1.40. The van der Waals surface area contributed by atoms with Gasteiger partial charge in [-0.1, -0.05) is 36.4 Å². The summed E-state index contributed by atoms with van der Waals surface area (Å²) in [6.07, 6.45) is 0. The summed E-state index contributed by atoms with van der Waals surface area (Å²) in [4.78, 5) is 10.0. The Balaban J connectivity index is 0.000000741. The van der Waals surface area contributed by atoms with Crippen LogP contribution in [0.1, 0.15) is 0 Å². The van der Waals surface area contributed by atoms with E-state index >= 15 is 0 Å². The molecule has 0 amide bonds. The second kappa shape index (κ2) is 9.48. The molecule has 0 heterocycles. The molecule has 3 N–H and O–H groups in total. The van der Waals surface area contributed by atoms with Gasteiger partial charge in [-0.3, -0.25) is 4.57 Å². The fourth-order valence-electron chi connectivity index (χ4n) is 1.41. The Morgan fingerprint density at radius 1 is 0.684 bits per heavy atom. The maximum atomic E-state index is 12.2. The van der Waals surface area contributed by atoms with Crippen molar-refractivity contribution in [3.63, 3.8) is 0 Å². The summed E-state index contributed by atoms with van der Waals surface area (Å²) < 4.78 is 12.2. The zero-order valence-electron chi connectivity index (χ0n) is 11.0. The lowest BCUT2D eigenvalue weighted by molar-refractivity contribution is 0.399. The van der Waals surface area contributed by atoms with Gasteiger partial charge >= 0.3 is 0 Å². The van der Waals surface area contributed by atoms with E-state index in [1.54, 1.807) is 48.5 Å². The fraction of sp³-hybridized carbons (Fsp3) is 0.143. The molecular weight excluding hydrogens is 263 g/mol. The summed E-state index contributed by atoms with van der Waals surface area (Å²) in [6, 6.07) is 17.4. The highest BCUT2D eigenvalue weighted by Gasteiger charge is 2.22. The standard InChI is InChI=1S/C12H11O2P.2CH4O/c13-15(14,11-7-3-1-4-8-11)12-9-5-2-6-10-12;2*1-2/h1-10H,(H,13,14);2*2H,1H3. The second-order valence-corrected chi connectivity index (χ2v) is 5.43. The Labute approximate surface area is 113 Å². The van der Waals surface area contributed by atoms with Crippen LogP contribution in [0, 0.1) is 0 Å². The normalized spacial score (nSPS) is 9.53. The average molecular weight is 282 g/mol. The summed E-state index contributed by atoms with van der Waals surface area (Å²) in [6.45, 7) is 0. The number of aliphatic hydroxyl groups is 2. The third kappa shape index (κ3) is 4.97. The van der Waals surface area contributed by atoms with Gasteiger partial charge in [0.1, 0.15) is 0 Å². The zero-order chi connectivity index (χ0) is 14.7. The fourth-order valence-corrected chi connectivity index (χ4v) is 2.86. The van der Waals surface area contributed by atoms with Crippen molar-refractivity contribution in [2.75, 3.05) is 14.2 Å². The van der Waals surface area contributed by atoms with Crippen molar-refractivity contribution in [3.8, 4) is 0 Å². The molecule has 0 aliphatic carbocycles. The van der Waals surface area contributed by atoms with E-state index in [0.717, 1.165) is 14.2 Å². The zero-order valence-corrected chi connectivity index (χ0v) is 11.9. The van der Waals surface area contributed by atoms with Crippen LogP contribution < -0.4 is 10.6 Å². The topological polar surface area (TPSA) is 77.8 Å². The molecule has 104 valence electrons. The number of benzene rings is 2. The molecule has 2 aromatic carbocycles. The van der Waals surface area contributed by atoms with Crippen molar-refractivity contribution in [1.29, 1.82) is 0 Å². The second-order valence-electron chi connectivity index (χ2n) is 3.25. The van der Waals surface area contributed by atoms with Crippen LogP contribution in [0.5, 0.6) is 0 Å². The summed E-state index contributed by atoms with van der Waals surface area (Å²) >= 11 is 0. The van der Waals surface area contributed by atoms with Gasteiger partial charge in [-0.25, -0.2) is 0 Å². The molecule has 0 aliphatic heterocycles. The molecule has 0 saturated heterocycles. The SMILES string of the molecule is CO.CO.O=P(O)(c1ccccc1)c1ccccc1. The van der Waals surface area contributed by atoms with Crippen LogP contribution in [-0.4, -0.2) is 29.3 Å². The van der Waals surface area contributed by atoms with E-state index in [1.807, 2.05) is 12.1 Å². The van der Waals surface area contributed by atoms with Crippen LogP contribution in [0.4, 0.5) is 0 Å². The molecule has 0 fully saturated rings. The summed E-state index contributed by atoms with van der Waals surface area (Å²) in [5.74, 6) is 0. The molecule has 0 aliphatic rings. The largest absolute Gasteiger partial charge is 0.400 e. The van der Waals surface area contributed by atoms with Crippen LogP contribution in [-0.2, 0) is 4.57 Å². The molecule has 0 aromatic heterocycles. The lowest BCUT2D eigenvalue weighted by Gasteiger charge is -2.11. The minimum absolute atomic E-state index is 0.469. The van der Waals surface area contributed by atoms with E-state index in [9.17, 15) is 9.46 Å². The molecule has 0 unspecified atom stereocenters. The van der Waals surface area contributed by atoms with E-state index < -0.39 is 7.37 Å². The Morgan fingerprint density at radius 2 is 0.947 bits per heavy atom. The molecule has 0 spiro atoms. The lowest BCUT2D eigenvalue weighted by atomic mass is 10.4. The van der Waals surface area contributed by atoms with Crippen LogP contribution >= 0.6 is 7.37 Å². The number of aliphatic hydroxyl groups excluding tert-OH is 2. The van der Waals surface area contributed by atoms with E-state index in [1.165, 1.54) is 0 Å². The van der Waals surface area contributed by atoms with Crippen molar-refractivity contribution in [1.82, 2.24) is 0 Å². The first-order chi connectivity index (χ1) is 9.21. The minimum Gasteiger partial charge on any atom is -0.400 e. The first-order valence-electron chi connectivity index (χ1n) is 5.55. The third-order valence-electron chi connectivity index (χ3n) is 2.21. The molecule has 4 nitrogen and oxygen atoms in total. The van der Waals surface area contributed by atoms with Gasteiger partial charge in [-0.15, -0.1) is 0 Å². The highest BCUT2D eigenvalue weighted by atomic mass is 31.2. The molecule has 2 aromatic rings. The number of rotatable bonds is 2. The van der Waals surface area contributed by atoms with Crippen LogP contribution in [0.15, 0.2) is 60.7 Å². The molecular formula is C14H19O4P. The van der Waals surface area contributed by atoms with Crippen molar-refractivity contribution in [2.24, 2.45) is 0 Å². The van der Waals surface area contributed by atoms with E-state index in [-0.39, 0.29) is 0 Å². The number of hydrogen-bond acceptors (Lipinski definition) is 3. The van der Waals surface area contributed by atoms with Crippen LogP contribution in [0.25, 0.3) is 0 Å². The van der Waals surface area contributed by atoms with Gasteiger partial charge in [0.05, 0.1) is 0 Å². The molecule has 19 heavy (non-hydrogen) atoms. The van der Waals surface area contributed by atoms with Crippen LogP contribution in [0.2, 0.25) is 0 Å². The first-order valence-corrected chi connectivity index (χ1v) is 7.21. The maximum Gasteiger partial charge on any atom is 0.258 e. The Morgan fingerprint density at radius 3 is 1.21 bits per heavy atom. The summed E-state index contributed by atoms with van der Waals surface area (Å²) in [5, 5.41) is 14.9. The first kappa shape index (κ1) is 17.6. The lowest BCUT2D eigenvalue weighted by Crippen LogP contribution is -2.14. The van der Waals surface area contributed by atoms with Gasteiger partial charge in [-0.2, -0.15) is 0 Å². The monoisotopic (exact) mass is 282 g/mol. The van der Waals surface area contributed by atoms with Crippen molar-refractivity contribution >= 4 is 18.0 Å². The molecule has 0 bridgehead atoms. The minimum atomic E-state index is -3.40. The Bertz CT molecular complexity index is 442. The number of hydrogen-bond donors (Lipinski definition) is 3. The van der Waals surface area contributed by atoms with E-state index in [4.69, 9.17) is 10.2 Å². The van der Waals surface area contributed by atoms with E-state index in [2.05, 4.69) is 0 Å². The predicted octanol–water partition coefficient (Wildman–Crippen LogP) is 1.12. The van der Waals surface area contributed by atoms with Gasteiger partial charge in [0, 0.05) is 24.8 Å². The molecule has 0 saturated carbocycles. The Hall–Kier alpha value is -1.45. The van der Waals surface area contributed by atoms with Gasteiger partial charge in [-0.05, 0) is 24.3 Å². The Kier molecular flexibility index (Phi) is 8.75. The smallest absolute Gasteiger partial charge is 0.258 e. The predicted molar refractivity (Wildman–Crippen MR) is 78.3 cm³/mol. The van der Waals surface area contributed by atoms with Crippen molar-refractivity contribution < 1.29 is 19.7 Å². The third-order valence-corrected chi connectivity index (χ3v) is 4.21. The molecule has 0 atom stereocenters. The molecule has 0 radical (unpaired) electrons. The van der Waals surface area contributed by atoms with Crippen molar-refractivity contribution in [3.05, 3.63) is 60.7 Å². The van der Waals surface area contributed by atoms with E-state index in [0.29, 0.717) is 10.6 Å². The van der Waals surface area contributed by atoms with Gasteiger partial charge < -0.3 is 15.1 Å². The van der Waals surface area contributed by atoms with Gasteiger partial charge in [0.2, 0.25) is 0 Å². The molecule has 2 rings (SSSR count). The quantitative estimate of drug-likeness (QED) is 0.721. The summed E-state index contributed by atoms with van der Waals surface area (Å²) in [5.41, 5.74) is 0. The van der Waals surface area contributed by atoms with Gasteiger partial charge in [0.25, 0.3) is 7.37 Å². The van der Waals surface area contributed by atoms with Gasteiger partial charge in [0.15, 0.2) is 0 Å².